The average Bonchev–Trinajstić information content (AvgIpc) is 3.10. The van der Waals surface area contributed by atoms with Crippen molar-refractivity contribution >= 4 is 33.4 Å². The fourth-order valence-electron chi connectivity index (χ4n) is 3.15. The number of anilines is 1. The zero-order valence-corrected chi connectivity index (χ0v) is 14.3. The second kappa shape index (κ2) is 6.48. The molecular formula is C20H18N4O2. The first-order chi connectivity index (χ1) is 12.6. The maximum atomic E-state index is 12.5. The molecule has 0 unspecified atom stereocenters. The topological polar surface area (TPSA) is 79.8 Å². The molecule has 6 nitrogen and oxygen atoms in total. The normalized spacial score (nSPS) is 11.1. The van der Waals surface area contributed by atoms with Crippen LogP contribution in [-0.2, 0) is 11.3 Å². The number of pyridine rings is 1. The SMILES string of the molecule is Cc1cc2ccccc2n(CCC(=O)Nc2ccc3cn[nH]c3c2)c1=O. The number of rotatable bonds is 4. The molecule has 0 aliphatic heterocycles. The molecular weight excluding hydrogens is 328 g/mol. The third-order valence-corrected chi connectivity index (χ3v) is 4.47. The fourth-order valence-corrected chi connectivity index (χ4v) is 3.15. The number of benzene rings is 2. The zero-order chi connectivity index (χ0) is 18.1. The molecule has 130 valence electrons. The number of H-pyrrole nitrogens is 1. The van der Waals surface area contributed by atoms with Crippen LogP contribution in [0.15, 0.2) is 59.5 Å². The number of carbonyl (C=O) groups excluding carboxylic acids is 1. The van der Waals surface area contributed by atoms with Crippen LogP contribution in [0.5, 0.6) is 0 Å². The molecule has 2 aromatic carbocycles. The summed E-state index contributed by atoms with van der Waals surface area (Å²) in [6.07, 6.45) is 1.95. The van der Waals surface area contributed by atoms with Gasteiger partial charge >= 0.3 is 0 Å². The van der Waals surface area contributed by atoms with Crippen molar-refractivity contribution in [3.05, 3.63) is 70.6 Å². The summed E-state index contributed by atoms with van der Waals surface area (Å²) < 4.78 is 1.67. The van der Waals surface area contributed by atoms with Gasteiger partial charge in [-0.1, -0.05) is 18.2 Å². The number of aryl methyl sites for hydroxylation is 2. The summed E-state index contributed by atoms with van der Waals surface area (Å²) in [4.78, 5) is 24.8. The summed E-state index contributed by atoms with van der Waals surface area (Å²) in [5.74, 6) is -0.138. The van der Waals surface area contributed by atoms with E-state index in [1.807, 2.05) is 48.5 Å². The molecule has 26 heavy (non-hydrogen) atoms. The van der Waals surface area contributed by atoms with E-state index in [-0.39, 0.29) is 17.9 Å². The molecule has 0 spiro atoms. The monoisotopic (exact) mass is 346 g/mol. The quantitative estimate of drug-likeness (QED) is 0.595. The summed E-state index contributed by atoms with van der Waals surface area (Å²) >= 11 is 0. The molecule has 2 N–H and O–H groups in total. The van der Waals surface area contributed by atoms with Crippen molar-refractivity contribution in [2.45, 2.75) is 19.9 Å². The van der Waals surface area contributed by atoms with E-state index in [0.717, 1.165) is 21.8 Å². The van der Waals surface area contributed by atoms with Gasteiger partial charge in [0.2, 0.25) is 5.91 Å². The summed E-state index contributed by atoms with van der Waals surface area (Å²) in [7, 11) is 0. The molecule has 2 aromatic heterocycles. The molecule has 0 aliphatic rings. The largest absolute Gasteiger partial charge is 0.326 e. The summed E-state index contributed by atoms with van der Waals surface area (Å²) in [5, 5.41) is 11.7. The first-order valence-corrected chi connectivity index (χ1v) is 8.44. The van der Waals surface area contributed by atoms with Gasteiger partial charge in [-0.15, -0.1) is 0 Å². The van der Waals surface area contributed by atoms with E-state index in [2.05, 4.69) is 15.5 Å². The highest BCUT2D eigenvalue weighted by Crippen LogP contribution is 2.17. The highest BCUT2D eigenvalue weighted by Gasteiger charge is 2.09. The summed E-state index contributed by atoms with van der Waals surface area (Å²) in [6.45, 7) is 2.13. The molecule has 0 radical (unpaired) electrons. The first-order valence-electron chi connectivity index (χ1n) is 8.44. The standard InChI is InChI=1S/C20H18N4O2/c1-13-10-14-4-2-3-5-18(14)24(20(13)26)9-8-19(25)22-16-7-6-15-12-21-23-17(15)11-16/h2-7,10-12H,8-9H2,1H3,(H,21,23)(H,22,25). The molecule has 0 atom stereocenters. The van der Waals surface area contributed by atoms with E-state index in [9.17, 15) is 9.59 Å². The average molecular weight is 346 g/mol. The van der Waals surface area contributed by atoms with Gasteiger partial charge in [0.15, 0.2) is 0 Å². The van der Waals surface area contributed by atoms with E-state index in [1.54, 1.807) is 17.7 Å². The number of nitrogens with one attached hydrogen (secondary N) is 2. The van der Waals surface area contributed by atoms with Crippen LogP contribution in [0.1, 0.15) is 12.0 Å². The van der Waals surface area contributed by atoms with Gasteiger partial charge in [0.1, 0.15) is 0 Å². The molecule has 0 saturated carbocycles. The number of carbonyl (C=O) groups is 1. The maximum absolute atomic E-state index is 12.5. The van der Waals surface area contributed by atoms with Gasteiger partial charge < -0.3 is 9.88 Å². The minimum absolute atomic E-state index is 0.0598. The van der Waals surface area contributed by atoms with E-state index >= 15 is 0 Å². The number of hydrogen-bond donors (Lipinski definition) is 2. The number of nitrogens with zero attached hydrogens (tertiary/aromatic N) is 2. The van der Waals surface area contributed by atoms with Crippen molar-refractivity contribution in [2.75, 3.05) is 5.32 Å². The number of aromatic amines is 1. The highest BCUT2D eigenvalue weighted by molar-refractivity contribution is 5.93. The predicted octanol–water partition coefficient (Wildman–Crippen LogP) is 3.22. The first kappa shape index (κ1) is 16.1. The van der Waals surface area contributed by atoms with Crippen LogP contribution in [-0.4, -0.2) is 20.7 Å². The highest BCUT2D eigenvalue weighted by atomic mass is 16.1. The lowest BCUT2D eigenvalue weighted by atomic mass is 10.1. The Kier molecular flexibility index (Phi) is 4.01. The summed E-state index contributed by atoms with van der Waals surface area (Å²) in [6, 6.07) is 15.2. The van der Waals surface area contributed by atoms with Crippen molar-refractivity contribution in [3.8, 4) is 0 Å². The molecule has 1 amide bonds. The van der Waals surface area contributed by atoms with E-state index in [1.165, 1.54) is 0 Å². The van der Waals surface area contributed by atoms with E-state index < -0.39 is 0 Å². The van der Waals surface area contributed by atoms with Gasteiger partial charge in [-0.2, -0.15) is 5.10 Å². The molecule has 6 heteroatoms. The third-order valence-electron chi connectivity index (χ3n) is 4.47. The Morgan fingerprint density at radius 2 is 2.00 bits per heavy atom. The van der Waals surface area contributed by atoms with Crippen molar-refractivity contribution in [2.24, 2.45) is 0 Å². The molecule has 0 bridgehead atoms. The number of fused-ring (bicyclic) bond motifs is 2. The Morgan fingerprint density at radius 1 is 1.15 bits per heavy atom. The van der Waals surface area contributed by atoms with Crippen LogP contribution < -0.4 is 10.9 Å². The van der Waals surface area contributed by atoms with Crippen LogP contribution >= 0.6 is 0 Å². The lowest BCUT2D eigenvalue weighted by Crippen LogP contribution is -2.25. The van der Waals surface area contributed by atoms with E-state index in [0.29, 0.717) is 17.8 Å². The van der Waals surface area contributed by atoms with Crippen LogP contribution in [0.2, 0.25) is 0 Å². The maximum Gasteiger partial charge on any atom is 0.253 e. The van der Waals surface area contributed by atoms with Gasteiger partial charge in [0.25, 0.3) is 5.56 Å². The number of para-hydroxylation sites is 1. The van der Waals surface area contributed by atoms with Crippen molar-refractivity contribution in [3.63, 3.8) is 0 Å². The molecule has 2 heterocycles. The second-order valence-electron chi connectivity index (χ2n) is 6.31. The van der Waals surface area contributed by atoms with Crippen LogP contribution in [0.4, 0.5) is 5.69 Å². The minimum atomic E-state index is -0.138. The molecule has 4 rings (SSSR count). The Labute approximate surface area is 149 Å². The van der Waals surface area contributed by atoms with Crippen LogP contribution in [0.25, 0.3) is 21.8 Å². The van der Waals surface area contributed by atoms with Gasteiger partial charge in [-0.25, -0.2) is 0 Å². The van der Waals surface area contributed by atoms with Crippen molar-refractivity contribution in [1.29, 1.82) is 0 Å². The Bertz CT molecular complexity index is 1170. The van der Waals surface area contributed by atoms with Crippen molar-refractivity contribution in [1.82, 2.24) is 14.8 Å². The molecule has 0 fully saturated rings. The van der Waals surface area contributed by atoms with E-state index in [4.69, 9.17) is 0 Å². The van der Waals surface area contributed by atoms with Gasteiger partial charge in [0.05, 0.1) is 17.2 Å². The smallest absolute Gasteiger partial charge is 0.253 e. The lowest BCUT2D eigenvalue weighted by molar-refractivity contribution is -0.116. The van der Waals surface area contributed by atoms with Gasteiger partial charge in [-0.05, 0) is 42.6 Å². The molecule has 0 saturated heterocycles. The van der Waals surface area contributed by atoms with Crippen LogP contribution in [0, 0.1) is 6.92 Å². The summed E-state index contributed by atoms with van der Waals surface area (Å²) in [5.41, 5.74) is 3.02. The molecule has 0 aliphatic carbocycles. The fraction of sp³-hybridized carbons (Fsp3) is 0.150. The van der Waals surface area contributed by atoms with Gasteiger partial charge in [0, 0.05) is 29.6 Å². The zero-order valence-electron chi connectivity index (χ0n) is 14.3. The lowest BCUT2D eigenvalue weighted by Gasteiger charge is -2.12. The van der Waals surface area contributed by atoms with Gasteiger partial charge in [-0.3, -0.25) is 14.7 Å². The number of aromatic nitrogens is 3. The number of hydrogen-bond acceptors (Lipinski definition) is 3. The number of amides is 1. The Morgan fingerprint density at radius 3 is 2.88 bits per heavy atom. The van der Waals surface area contributed by atoms with Crippen molar-refractivity contribution < 1.29 is 4.79 Å². The minimum Gasteiger partial charge on any atom is -0.326 e. The Hall–Kier alpha value is -3.41. The van der Waals surface area contributed by atoms with Crippen LogP contribution in [0.3, 0.4) is 0 Å². The molecule has 4 aromatic rings. The predicted molar refractivity (Wildman–Crippen MR) is 102 cm³/mol. The Balaban J connectivity index is 1.53. The second-order valence-corrected chi connectivity index (χ2v) is 6.31. The third kappa shape index (κ3) is 2.97.